The molecule has 6 heteroatoms. The lowest BCUT2D eigenvalue weighted by atomic mass is 9.85. The maximum Gasteiger partial charge on any atom is 0.245 e. The summed E-state index contributed by atoms with van der Waals surface area (Å²) in [6, 6.07) is 6.10. The van der Waals surface area contributed by atoms with Gasteiger partial charge in [0.15, 0.2) is 0 Å². The smallest absolute Gasteiger partial charge is 0.245 e. The standard InChI is InChI=1S/C14H18ClNO3S/c15-11-3-5-12(6-4-11)20(18,19)16-10-14(9-13(16)17)7-1-2-8-14/h3-6,13,17H,1-2,7-10H2. The Morgan fingerprint density at radius 1 is 1.20 bits per heavy atom. The second-order valence-electron chi connectivity index (χ2n) is 5.90. The van der Waals surface area contributed by atoms with E-state index in [1.807, 2.05) is 0 Å². The molecule has 1 atom stereocenters. The number of sulfonamides is 1. The van der Waals surface area contributed by atoms with E-state index in [-0.39, 0.29) is 10.3 Å². The topological polar surface area (TPSA) is 57.6 Å². The van der Waals surface area contributed by atoms with Crippen molar-refractivity contribution in [3.63, 3.8) is 0 Å². The van der Waals surface area contributed by atoms with E-state index in [2.05, 4.69) is 0 Å². The molecule has 1 N–H and O–H groups in total. The average Bonchev–Trinajstić information content (AvgIpc) is 2.98. The third kappa shape index (κ3) is 2.37. The Kier molecular flexibility index (Phi) is 3.57. The van der Waals surface area contributed by atoms with E-state index in [0.29, 0.717) is 18.0 Å². The number of halogens is 1. The van der Waals surface area contributed by atoms with Crippen LogP contribution >= 0.6 is 11.6 Å². The van der Waals surface area contributed by atoms with E-state index in [0.717, 1.165) is 25.7 Å². The van der Waals surface area contributed by atoms with Gasteiger partial charge in [0.1, 0.15) is 6.23 Å². The Labute approximate surface area is 124 Å². The molecule has 0 bridgehead atoms. The van der Waals surface area contributed by atoms with Gasteiger partial charge in [-0.15, -0.1) is 0 Å². The molecular weight excluding hydrogens is 298 g/mol. The summed E-state index contributed by atoms with van der Waals surface area (Å²) in [6.07, 6.45) is 3.92. The molecule has 3 rings (SSSR count). The number of hydrogen-bond acceptors (Lipinski definition) is 3. The van der Waals surface area contributed by atoms with Gasteiger partial charge in [-0.1, -0.05) is 24.4 Å². The minimum absolute atomic E-state index is 0.0150. The van der Waals surface area contributed by atoms with Crippen molar-refractivity contribution >= 4 is 21.6 Å². The Morgan fingerprint density at radius 3 is 2.40 bits per heavy atom. The molecular formula is C14H18ClNO3S. The summed E-state index contributed by atoms with van der Waals surface area (Å²) in [5.41, 5.74) is -0.0150. The van der Waals surface area contributed by atoms with Gasteiger partial charge in [0, 0.05) is 11.6 Å². The molecule has 2 fully saturated rings. The second kappa shape index (κ2) is 4.98. The van der Waals surface area contributed by atoms with Crippen LogP contribution in [-0.2, 0) is 10.0 Å². The molecule has 20 heavy (non-hydrogen) atoms. The van der Waals surface area contributed by atoms with E-state index < -0.39 is 16.3 Å². The Bertz CT molecular complexity index is 593. The molecule has 1 unspecified atom stereocenters. The predicted octanol–water partition coefficient (Wildman–Crippen LogP) is 2.61. The first-order valence-electron chi connectivity index (χ1n) is 6.89. The van der Waals surface area contributed by atoms with Crippen LogP contribution in [0, 0.1) is 5.41 Å². The predicted molar refractivity (Wildman–Crippen MR) is 76.9 cm³/mol. The molecule has 1 aliphatic carbocycles. The van der Waals surface area contributed by atoms with Crippen LogP contribution in [0.5, 0.6) is 0 Å². The SMILES string of the molecule is O=S(=O)(c1ccc(Cl)cc1)N1CC2(CCCC2)CC1O. The van der Waals surface area contributed by atoms with Gasteiger partial charge in [-0.2, -0.15) is 4.31 Å². The van der Waals surface area contributed by atoms with Crippen LogP contribution in [0.1, 0.15) is 32.1 Å². The van der Waals surface area contributed by atoms with E-state index >= 15 is 0 Å². The first kappa shape index (κ1) is 14.3. The van der Waals surface area contributed by atoms with Crippen LogP contribution in [0.4, 0.5) is 0 Å². The molecule has 1 spiro atoms. The average molecular weight is 316 g/mol. The zero-order chi connectivity index (χ0) is 14.4. The maximum absolute atomic E-state index is 12.6. The van der Waals surface area contributed by atoms with E-state index in [4.69, 9.17) is 11.6 Å². The van der Waals surface area contributed by atoms with Crippen LogP contribution in [0.3, 0.4) is 0 Å². The zero-order valence-corrected chi connectivity index (χ0v) is 12.7. The molecule has 2 aliphatic rings. The lowest BCUT2D eigenvalue weighted by Crippen LogP contribution is -2.36. The summed E-state index contributed by atoms with van der Waals surface area (Å²) in [4.78, 5) is 0.191. The molecule has 1 saturated heterocycles. The number of aliphatic hydroxyl groups is 1. The van der Waals surface area contributed by atoms with E-state index in [1.54, 1.807) is 12.1 Å². The van der Waals surface area contributed by atoms with E-state index in [1.165, 1.54) is 16.4 Å². The fraction of sp³-hybridized carbons (Fsp3) is 0.571. The minimum Gasteiger partial charge on any atom is -0.377 e. The third-order valence-corrected chi connectivity index (χ3v) is 6.63. The summed E-state index contributed by atoms with van der Waals surface area (Å²) in [5.74, 6) is 0. The van der Waals surface area contributed by atoms with Gasteiger partial charge in [-0.05, 0) is 48.9 Å². The lowest BCUT2D eigenvalue weighted by Gasteiger charge is -2.23. The van der Waals surface area contributed by atoms with Crippen LogP contribution in [0.15, 0.2) is 29.2 Å². The summed E-state index contributed by atoms with van der Waals surface area (Å²) in [5, 5.41) is 10.7. The van der Waals surface area contributed by atoms with Crippen molar-refractivity contribution in [2.45, 2.75) is 43.2 Å². The lowest BCUT2D eigenvalue weighted by molar-refractivity contribution is 0.0916. The number of nitrogens with zero attached hydrogens (tertiary/aromatic N) is 1. The van der Waals surface area contributed by atoms with Crippen molar-refractivity contribution in [3.8, 4) is 0 Å². The maximum atomic E-state index is 12.6. The highest BCUT2D eigenvalue weighted by atomic mass is 35.5. The van der Waals surface area contributed by atoms with Crippen LogP contribution in [-0.4, -0.2) is 30.6 Å². The Balaban J connectivity index is 1.90. The van der Waals surface area contributed by atoms with Gasteiger partial charge in [0.05, 0.1) is 4.90 Å². The van der Waals surface area contributed by atoms with Crippen molar-refractivity contribution < 1.29 is 13.5 Å². The molecule has 1 aromatic carbocycles. The van der Waals surface area contributed by atoms with Gasteiger partial charge in [0.2, 0.25) is 10.0 Å². The highest BCUT2D eigenvalue weighted by Gasteiger charge is 2.49. The molecule has 0 amide bonds. The molecule has 1 heterocycles. The highest BCUT2D eigenvalue weighted by Crippen LogP contribution is 2.48. The van der Waals surface area contributed by atoms with Crippen molar-refractivity contribution in [1.29, 1.82) is 0 Å². The second-order valence-corrected chi connectivity index (χ2v) is 8.22. The summed E-state index contributed by atoms with van der Waals surface area (Å²) in [6.45, 7) is 0.430. The molecule has 1 aliphatic heterocycles. The third-order valence-electron chi connectivity index (χ3n) is 4.52. The highest BCUT2D eigenvalue weighted by molar-refractivity contribution is 7.89. The van der Waals surface area contributed by atoms with Crippen LogP contribution in [0.25, 0.3) is 0 Å². The molecule has 0 aromatic heterocycles. The molecule has 1 aromatic rings. The molecule has 1 saturated carbocycles. The monoisotopic (exact) mass is 315 g/mol. The summed E-state index contributed by atoms with van der Waals surface area (Å²) < 4.78 is 26.5. The number of benzene rings is 1. The largest absolute Gasteiger partial charge is 0.377 e. The first-order valence-corrected chi connectivity index (χ1v) is 8.70. The molecule has 110 valence electrons. The van der Waals surface area contributed by atoms with Crippen LogP contribution in [0.2, 0.25) is 5.02 Å². The number of rotatable bonds is 2. The fourth-order valence-corrected chi connectivity index (χ4v) is 5.18. The Morgan fingerprint density at radius 2 is 1.80 bits per heavy atom. The number of hydrogen-bond donors (Lipinski definition) is 1. The first-order chi connectivity index (χ1) is 9.43. The van der Waals surface area contributed by atoms with Gasteiger partial charge in [0.25, 0.3) is 0 Å². The van der Waals surface area contributed by atoms with Gasteiger partial charge in [-0.3, -0.25) is 0 Å². The fourth-order valence-electron chi connectivity index (χ4n) is 3.46. The quantitative estimate of drug-likeness (QED) is 0.912. The normalized spacial score (nSPS) is 26.4. The van der Waals surface area contributed by atoms with Gasteiger partial charge < -0.3 is 5.11 Å². The van der Waals surface area contributed by atoms with E-state index in [9.17, 15) is 13.5 Å². The summed E-state index contributed by atoms with van der Waals surface area (Å²) in [7, 11) is -3.64. The Hall–Kier alpha value is -0.620. The van der Waals surface area contributed by atoms with Crippen molar-refractivity contribution in [3.05, 3.63) is 29.3 Å². The molecule has 4 nitrogen and oxygen atoms in total. The summed E-state index contributed by atoms with van der Waals surface area (Å²) >= 11 is 5.79. The van der Waals surface area contributed by atoms with Crippen LogP contribution < -0.4 is 0 Å². The van der Waals surface area contributed by atoms with Crippen molar-refractivity contribution in [2.75, 3.05) is 6.54 Å². The number of aliphatic hydroxyl groups excluding tert-OH is 1. The van der Waals surface area contributed by atoms with Crippen molar-refractivity contribution in [2.24, 2.45) is 5.41 Å². The van der Waals surface area contributed by atoms with Gasteiger partial charge >= 0.3 is 0 Å². The van der Waals surface area contributed by atoms with Gasteiger partial charge in [-0.25, -0.2) is 8.42 Å². The van der Waals surface area contributed by atoms with Crippen molar-refractivity contribution in [1.82, 2.24) is 4.31 Å². The zero-order valence-electron chi connectivity index (χ0n) is 11.1. The molecule has 0 radical (unpaired) electrons. The minimum atomic E-state index is -3.64.